The molecule has 0 radical (unpaired) electrons. The summed E-state index contributed by atoms with van der Waals surface area (Å²) in [5.74, 6) is 0.546. The van der Waals surface area contributed by atoms with Gasteiger partial charge in [0.25, 0.3) is 0 Å². The number of fused-ring (bicyclic) bond motifs is 2. The van der Waals surface area contributed by atoms with Crippen molar-refractivity contribution in [1.82, 2.24) is 4.98 Å². The van der Waals surface area contributed by atoms with Crippen LogP contribution in [-0.4, -0.2) is 15.8 Å². The highest BCUT2D eigenvalue weighted by Crippen LogP contribution is 2.39. The summed E-state index contributed by atoms with van der Waals surface area (Å²) in [5, 5.41) is 21.5. The summed E-state index contributed by atoms with van der Waals surface area (Å²) in [6.07, 6.45) is 7.18. The molecule has 0 saturated carbocycles. The smallest absolute Gasteiger partial charge is 0.114 e. The van der Waals surface area contributed by atoms with Gasteiger partial charge in [0.05, 0.1) is 11.2 Å². The fourth-order valence-electron chi connectivity index (χ4n) is 4.04. The van der Waals surface area contributed by atoms with Crippen molar-refractivity contribution in [2.75, 3.05) is 5.75 Å². The molecule has 2 aliphatic carbocycles. The minimum atomic E-state index is -0.830. The molecule has 0 spiro atoms. The van der Waals surface area contributed by atoms with Gasteiger partial charge in [-0.1, -0.05) is 24.3 Å². The van der Waals surface area contributed by atoms with Crippen molar-refractivity contribution in [3.63, 3.8) is 0 Å². The van der Waals surface area contributed by atoms with Crippen LogP contribution in [0.5, 0.6) is 0 Å². The summed E-state index contributed by atoms with van der Waals surface area (Å²) in [6.45, 7) is 0. The van der Waals surface area contributed by atoms with E-state index in [-0.39, 0.29) is 0 Å². The highest BCUT2D eigenvalue weighted by Gasteiger charge is 2.34. The number of aromatic nitrogens is 1. The molecule has 25 heavy (non-hydrogen) atoms. The Morgan fingerprint density at radius 1 is 1.12 bits per heavy atom. The van der Waals surface area contributed by atoms with Crippen molar-refractivity contribution >= 4 is 11.8 Å². The molecule has 2 aromatic rings. The van der Waals surface area contributed by atoms with Gasteiger partial charge >= 0.3 is 0 Å². The Balaban J connectivity index is 1.61. The maximum Gasteiger partial charge on any atom is 0.114 e. The normalized spacial score (nSPS) is 21.9. The van der Waals surface area contributed by atoms with E-state index in [2.05, 4.69) is 12.1 Å². The number of hydrogen-bond acceptors (Lipinski definition) is 4. The Morgan fingerprint density at radius 2 is 1.92 bits per heavy atom. The zero-order valence-corrected chi connectivity index (χ0v) is 15.1. The van der Waals surface area contributed by atoms with E-state index in [4.69, 9.17) is 4.98 Å². The van der Waals surface area contributed by atoms with Crippen LogP contribution in [-0.2, 0) is 24.9 Å². The third kappa shape index (κ3) is 3.19. The van der Waals surface area contributed by atoms with Crippen molar-refractivity contribution in [3.05, 3.63) is 58.3 Å². The van der Waals surface area contributed by atoms with E-state index in [0.717, 1.165) is 48.4 Å². The van der Waals surface area contributed by atoms with Crippen molar-refractivity contribution < 1.29 is 5.11 Å². The Labute approximate surface area is 153 Å². The zero-order valence-electron chi connectivity index (χ0n) is 14.3. The summed E-state index contributed by atoms with van der Waals surface area (Å²) in [4.78, 5) is 4.78. The van der Waals surface area contributed by atoms with E-state index in [1.165, 1.54) is 35.7 Å². The molecule has 1 aromatic heterocycles. The van der Waals surface area contributed by atoms with Crippen LogP contribution in [0.15, 0.2) is 35.4 Å². The van der Waals surface area contributed by atoms with Gasteiger partial charge < -0.3 is 5.11 Å². The maximum absolute atomic E-state index is 11.3. The second-order valence-corrected chi connectivity index (χ2v) is 8.06. The van der Waals surface area contributed by atoms with Crippen LogP contribution in [0, 0.1) is 11.3 Å². The monoisotopic (exact) mass is 350 g/mol. The molecule has 0 amide bonds. The molecule has 1 heterocycles. The number of rotatable bonds is 3. The van der Waals surface area contributed by atoms with Gasteiger partial charge in [0.1, 0.15) is 11.1 Å². The Bertz CT molecular complexity index is 842. The Hall–Kier alpha value is -1.83. The fraction of sp³-hybridized carbons (Fsp3) is 0.429. The second kappa shape index (κ2) is 6.82. The first kappa shape index (κ1) is 16.6. The van der Waals surface area contributed by atoms with E-state index in [9.17, 15) is 10.4 Å². The van der Waals surface area contributed by atoms with E-state index < -0.39 is 5.60 Å². The fourth-order valence-corrected chi connectivity index (χ4v) is 5.15. The average Bonchev–Trinajstić information content (AvgIpc) is 2.66. The third-order valence-electron chi connectivity index (χ3n) is 5.39. The van der Waals surface area contributed by atoms with Gasteiger partial charge in [0, 0.05) is 11.4 Å². The molecule has 128 valence electrons. The minimum absolute atomic E-state index is 0.546. The first-order valence-corrected chi connectivity index (χ1v) is 10.0. The summed E-state index contributed by atoms with van der Waals surface area (Å²) in [7, 11) is 0. The standard InChI is InChI=1S/C21H22N2OS/c22-13-17-12-16-7-2-4-10-19(16)23-20(17)25-14-21(24)11-5-8-15-6-1-3-9-18(15)21/h1,3,6,9,12,24H,2,4-5,7-8,10-11,14H2/t21-/m1/s1. The molecule has 1 N–H and O–H groups in total. The van der Waals surface area contributed by atoms with E-state index in [1.807, 2.05) is 24.3 Å². The predicted octanol–water partition coefficient (Wildman–Crippen LogP) is 4.15. The molecular formula is C21H22N2OS. The van der Waals surface area contributed by atoms with Crippen LogP contribution in [0.3, 0.4) is 0 Å². The summed E-state index contributed by atoms with van der Waals surface area (Å²) < 4.78 is 0. The summed E-state index contributed by atoms with van der Waals surface area (Å²) >= 11 is 1.53. The summed E-state index contributed by atoms with van der Waals surface area (Å²) in [6, 6.07) is 12.5. The van der Waals surface area contributed by atoms with Crippen molar-refractivity contribution in [2.45, 2.75) is 55.6 Å². The van der Waals surface area contributed by atoms with Crippen molar-refractivity contribution in [1.29, 1.82) is 5.26 Å². The molecule has 0 unspecified atom stereocenters. The molecule has 1 aromatic carbocycles. The number of pyridine rings is 1. The molecule has 4 heteroatoms. The van der Waals surface area contributed by atoms with Gasteiger partial charge in [0.2, 0.25) is 0 Å². The molecular weight excluding hydrogens is 328 g/mol. The lowest BCUT2D eigenvalue weighted by atomic mass is 9.80. The van der Waals surface area contributed by atoms with Crippen molar-refractivity contribution in [2.24, 2.45) is 0 Å². The van der Waals surface area contributed by atoms with Gasteiger partial charge in [-0.15, -0.1) is 11.8 Å². The SMILES string of the molecule is N#Cc1cc2c(nc1SC[C@]1(O)CCCc3ccccc31)CCCC2. The lowest BCUT2D eigenvalue weighted by molar-refractivity contribution is 0.0438. The highest BCUT2D eigenvalue weighted by molar-refractivity contribution is 7.99. The number of nitrogens with zero attached hydrogens (tertiary/aromatic N) is 2. The molecule has 1 atom stereocenters. The first-order chi connectivity index (χ1) is 12.2. The number of aliphatic hydroxyl groups is 1. The number of nitriles is 1. The second-order valence-electron chi connectivity index (χ2n) is 7.10. The van der Waals surface area contributed by atoms with Crippen LogP contribution in [0.4, 0.5) is 0 Å². The van der Waals surface area contributed by atoms with E-state index >= 15 is 0 Å². The van der Waals surface area contributed by atoms with Crippen LogP contribution in [0.1, 0.15) is 53.6 Å². The third-order valence-corrected chi connectivity index (χ3v) is 6.60. The number of aryl methyl sites for hydroxylation is 3. The number of thioether (sulfide) groups is 1. The van der Waals surface area contributed by atoms with Gasteiger partial charge in [-0.2, -0.15) is 5.26 Å². The summed E-state index contributed by atoms with van der Waals surface area (Å²) in [5.41, 5.74) is 4.49. The highest BCUT2D eigenvalue weighted by atomic mass is 32.2. The largest absolute Gasteiger partial charge is 0.384 e. The number of hydrogen-bond donors (Lipinski definition) is 1. The lowest BCUT2D eigenvalue weighted by Crippen LogP contribution is -2.33. The van der Waals surface area contributed by atoms with Crippen LogP contribution in [0.25, 0.3) is 0 Å². The Kier molecular flexibility index (Phi) is 4.54. The first-order valence-electron chi connectivity index (χ1n) is 9.06. The van der Waals surface area contributed by atoms with Crippen LogP contribution < -0.4 is 0 Å². The predicted molar refractivity (Wildman–Crippen MR) is 99.6 cm³/mol. The molecule has 0 fully saturated rings. The lowest BCUT2D eigenvalue weighted by Gasteiger charge is -2.34. The molecule has 3 nitrogen and oxygen atoms in total. The maximum atomic E-state index is 11.3. The molecule has 2 aliphatic rings. The molecule has 0 bridgehead atoms. The van der Waals surface area contributed by atoms with Crippen molar-refractivity contribution in [3.8, 4) is 6.07 Å². The van der Waals surface area contributed by atoms with Gasteiger partial charge in [-0.25, -0.2) is 4.98 Å². The average molecular weight is 350 g/mol. The van der Waals surface area contributed by atoms with Gasteiger partial charge in [0.15, 0.2) is 0 Å². The van der Waals surface area contributed by atoms with Crippen LogP contribution >= 0.6 is 11.8 Å². The number of benzene rings is 1. The van der Waals surface area contributed by atoms with Gasteiger partial charge in [-0.05, 0) is 67.7 Å². The minimum Gasteiger partial charge on any atom is -0.384 e. The molecule has 0 aliphatic heterocycles. The molecule has 0 saturated heterocycles. The van der Waals surface area contributed by atoms with E-state index in [1.54, 1.807) is 0 Å². The van der Waals surface area contributed by atoms with E-state index in [0.29, 0.717) is 11.3 Å². The van der Waals surface area contributed by atoms with Gasteiger partial charge in [-0.3, -0.25) is 0 Å². The Morgan fingerprint density at radius 3 is 2.80 bits per heavy atom. The van der Waals surface area contributed by atoms with Crippen LogP contribution in [0.2, 0.25) is 0 Å². The molecule has 4 rings (SSSR count). The zero-order chi connectivity index (χ0) is 17.3. The topological polar surface area (TPSA) is 56.9 Å². The quantitative estimate of drug-likeness (QED) is 0.845.